The summed E-state index contributed by atoms with van der Waals surface area (Å²) < 4.78 is 30.6. The minimum atomic E-state index is -4.45. The molecular formula is C63H118N2O7P+. The van der Waals surface area contributed by atoms with E-state index in [-0.39, 0.29) is 25.1 Å². The van der Waals surface area contributed by atoms with E-state index >= 15 is 0 Å². The summed E-state index contributed by atoms with van der Waals surface area (Å²) in [5.41, 5.74) is 0. The summed E-state index contributed by atoms with van der Waals surface area (Å²) in [6.07, 6.45) is 66.4. The summed E-state index contributed by atoms with van der Waals surface area (Å²) in [4.78, 5) is 37.6. The van der Waals surface area contributed by atoms with Crippen LogP contribution in [-0.2, 0) is 27.9 Å². The van der Waals surface area contributed by atoms with Crippen LogP contribution in [0.2, 0.25) is 0 Å². The van der Waals surface area contributed by atoms with Crippen molar-refractivity contribution in [2.45, 2.75) is 290 Å². The number of carbonyl (C=O) groups is 2. The standard InChI is InChI=1S/C63H117N2O7P/c1-7-10-13-16-19-22-25-27-28-29-30-31-32-33-34-35-36-38-40-43-46-49-52-55-62(66)64-60(59-71-73(68,69)70-58-57-65(4,5)6)61(54-51-48-45-42-39-24-21-18-15-12-9-3)72-63(67)56-53-50-47-44-41-37-26-23-20-17-14-11-8-2/h19,22,27-28,30-31,33-34,51,54,60-61H,7-18,20-21,23-26,29,32,35-50,52-53,55-59H2,1-6H3,(H-,64,66,68,69)/p+1/b22-19-,28-27-,31-30-,34-33-,54-51-. The summed E-state index contributed by atoms with van der Waals surface area (Å²) in [6.45, 7) is 6.98. The number of esters is 1. The lowest BCUT2D eigenvalue weighted by Gasteiger charge is -2.27. The average molecular weight is 1050 g/mol. The second-order valence-electron chi connectivity index (χ2n) is 21.9. The molecule has 0 aliphatic heterocycles. The number of nitrogens with zero attached hydrogens (tertiary/aromatic N) is 1. The van der Waals surface area contributed by atoms with Crippen molar-refractivity contribution in [2.24, 2.45) is 0 Å². The highest BCUT2D eigenvalue weighted by Gasteiger charge is 2.30. The Balaban J connectivity index is 5.19. The third-order valence-corrected chi connectivity index (χ3v) is 14.4. The second kappa shape index (κ2) is 53.1. The molecule has 0 fully saturated rings. The number of phosphoric ester groups is 1. The zero-order chi connectivity index (χ0) is 53.6. The number of quaternary nitrogens is 1. The summed E-state index contributed by atoms with van der Waals surface area (Å²) in [7, 11) is 1.49. The van der Waals surface area contributed by atoms with Crippen LogP contribution in [0.5, 0.6) is 0 Å². The number of allylic oxidation sites excluding steroid dienone is 9. The van der Waals surface area contributed by atoms with Gasteiger partial charge in [-0.2, -0.15) is 0 Å². The first kappa shape index (κ1) is 70.7. The predicted octanol–water partition coefficient (Wildman–Crippen LogP) is 18.7. The van der Waals surface area contributed by atoms with Crippen LogP contribution in [0.4, 0.5) is 0 Å². The predicted molar refractivity (Wildman–Crippen MR) is 314 cm³/mol. The van der Waals surface area contributed by atoms with Crippen molar-refractivity contribution >= 4 is 19.7 Å². The molecule has 0 rings (SSSR count). The highest BCUT2D eigenvalue weighted by Crippen LogP contribution is 2.43. The molecule has 0 spiro atoms. The summed E-state index contributed by atoms with van der Waals surface area (Å²) in [5, 5.41) is 3.05. The zero-order valence-corrected chi connectivity index (χ0v) is 49.5. The maximum Gasteiger partial charge on any atom is 0.472 e. The molecule has 0 saturated carbocycles. The van der Waals surface area contributed by atoms with Crippen molar-refractivity contribution in [2.75, 3.05) is 40.9 Å². The fraction of sp³-hybridized carbons (Fsp3) is 0.810. The Hall–Kier alpha value is -2.29. The number of phosphoric acid groups is 1. The molecule has 0 aromatic heterocycles. The van der Waals surface area contributed by atoms with Gasteiger partial charge in [0.2, 0.25) is 5.91 Å². The van der Waals surface area contributed by atoms with Gasteiger partial charge in [0.25, 0.3) is 0 Å². The van der Waals surface area contributed by atoms with Crippen LogP contribution in [0.25, 0.3) is 0 Å². The number of rotatable bonds is 55. The molecule has 0 bridgehead atoms. The lowest BCUT2D eigenvalue weighted by molar-refractivity contribution is -0.870. The van der Waals surface area contributed by atoms with Crippen molar-refractivity contribution in [3.63, 3.8) is 0 Å². The lowest BCUT2D eigenvalue weighted by Crippen LogP contribution is -2.47. The van der Waals surface area contributed by atoms with Crippen LogP contribution in [0.1, 0.15) is 278 Å². The number of ether oxygens (including phenoxy) is 1. The topological polar surface area (TPSA) is 111 Å². The molecule has 73 heavy (non-hydrogen) atoms. The minimum absolute atomic E-state index is 0.0376. The van der Waals surface area contributed by atoms with E-state index in [0.717, 1.165) is 89.9 Å². The number of amides is 1. The molecule has 0 aromatic rings. The monoisotopic (exact) mass is 1050 g/mol. The first-order chi connectivity index (χ1) is 35.4. The van der Waals surface area contributed by atoms with E-state index in [9.17, 15) is 19.0 Å². The third kappa shape index (κ3) is 54.3. The third-order valence-electron chi connectivity index (χ3n) is 13.5. The van der Waals surface area contributed by atoms with Crippen molar-refractivity contribution in [3.05, 3.63) is 60.8 Å². The number of unbranched alkanes of at least 4 members (excludes halogenated alkanes) is 31. The van der Waals surface area contributed by atoms with E-state index in [0.29, 0.717) is 23.9 Å². The molecule has 2 N–H and O–H groups in total. The minimum Gasteiger partial charge on any atom is -0.456 e. The Bertz CT molecular complexity index is 1440. The molecule has 0 aliphatic carbocycles. The molecule has 0 saturated heterocycles. The summed E-state index contributed by atoms with van der Waals surface area (Å²) in [6, 6.07) is -0.852. The van der Waals surface area contributed by atoms with Gasteiger partial charge in [-0.3, -0.25) is 18.6 Å². The molecule has 0 aliphatic rings. The summed E-state index contributed by atoms with van der Waals surface area (Å²) >= 11 is 0. The van der Waals surface area contributed by atoms with Crippen LogP contribution >= 0.6 is 7.82 Å². The smallest absolute Gasteiger partial charge is 0.456 e. The molecular weight excluding hydrogens is 928 g/mol. The summed E-state index contributed by atoms with van der Waals surface area (Å²) in [5.74, 6) is -0.512. The van der Waals surface area contributed by atoms with Crippen molar-refractivity contribution < 1.29 is 37.3 Å². The van der Waals surface area contributed by atoms with Gasteiger partial charge in [-0.25, -0.2) is 4.57 Å². The largest absolute Gasteiger partial charge is 0.472 e. The maximum atomic E-state index is 13.5. The van der Waals surface area contributed by atoms with Gasteiger partial charge in [-0.05, 0) is 76.7 Å². The first-order valence-electron chi connectivity index (χ1n) is 30.6. The molecule has 3 atom stereocenters. The van der Waals surface area contributed by atoms with E-state index in [4.69, 9.17) is 13.8 Å². The molecule has 0 heterocycles. The molecule has 0 radical (unpaired) electrons. The maximum absolute atomic E-state index is 13.5. The fourth-order valence-corrected chi connectivity index (χ4v) is 9.42. The van der Waals surface area contributed by atoms with E-state index < -0.39 is 20.0 Å². The Morgan fingerprint density at radius 2 is 0.836 bits per heavy atom. The van der Waals surface area contributed by atoms with Crippen molar-refractivity contribution in [1.29, 1.82) is 0 Å². The molecule has 9 nitrogen and oxygen atoms in total. The molecule has 3 unspecified atom stereocenters. The second-order valence-corrected chi connectivity index (χ2v) is 23.3. The fourth-order valence-electron chi connectivity index (χ4n) is 8.69. The highest BCUT2D eigenvalue weighted by atomic mass is 31.2. The molecule has 426 valence electrons. The van der Waals surface area contributed by atoms with Gasteiger partial charge < -0.3 is 19.4 Å². The normalized spacial score (nSPS) is 14.1. The van der Waals surface area contributed by atoms with E-state index in [1.807, 2.05) is 33.3 Å². The van der Waals surface area contributed by atoms with Crippen molar-refractivity contribution in [1.82, 2.24) is 5.32 Å². The molecule has 0 aromatic carbocycles. The quantitative estimate of drug-likeness (QED) is 0.0205. The van der Waals surface area contributed by atoms with Gasteiger partial charge >= 0.3 is 13.8 Å². The zero-order valence-electron chi connectivity index (χ0n) is 48.6. The van der Waals surface area contributed by atoms with Crippen LogP contribution in [0, 0.1) is 0 Å². The van der Waals surface area contributed by atoms with Crippen molar-refractivity contribution in [3.8, 4) is 0 Å². The van der Waals surface area contributed by atoms with Gasteiger partial charge in [0.05, 0.1) is 33.8 Å². The van der Waals surface area contributed by atoms with Gasteiger partial charge in [0.15, 0.2) is 0 Å². The molecule has 10 heteroatoms. The molecule has 1 amide bonds. The first-order valence-corrected chi connectivity index (χ1v) is 32.1. The van der Waals surface area contributed by atoms with E-state index in [2.05, 4.69) is 74.7 Å². The van der Waals surface area contributed by atoms with E-state index in [1.165, 1.54) is 154 Å². The average Bonchev–Trinajstić information content (AvgIpc) is 3.35. The van der Waals surface area contributed by atoms with Crippen LogP contribution in [0.15, 0.2) is 60.8 Å². The Kier molecular flexibility index (Phi) is 51.5. The highest BCUT2D eigenvalue weighted by molar-refractivity contribution is 7.47. The SMILES string of the molecule is CCCCC/C=C\C/C=C\C/C=C\C/C=C\CCCCCCCCCC(=O)NC(COP(=O)(O)OCC[N+](C)(C)C)C(/C=C\CCCCCCCCCCC)OC(=O)CCCCCCCCCCCCCCC. The van der Waals surface area contributed by atoms with E-state index in [1.54, 1.807) is 0 Å². The van der Waals surface area contributed by atoms with Crippen LogP contribution in [-0.4, -0.2) is 74.3 Å². The number of nitrogens with one attached hydrogen (secondary N) is 1. The Morgan fingerprint density at radius 3 is 1.27 bits per heavy atom. The van der Waals surface area contributed by atoms with Gasteiger partial charge in [0.1, 0.15) is 19.3 Å². The van der Waals surface area contributed by atoms with Gasteiger partial charge in [0, 0.05) is 12.8 Å². The Labute approximate surface area is 451 Å². The number of hydrogen-bond donors (Lipinski definition) is 2. The van der Waals surface area contributed by atoms with Crippen LogP contribution < -0.4 is 5.32 Å². The Morgan fingerprint density at radius 1 is 0.479 bits per heavy atom. The van der Waals surface area contributed by atoms with Gasteiger partial charge in [-0.15, -0.1) is 0 Å². The number of hydrogen-bond acceptors (Lipinski definition) is 6. The lowest BCUT2D eigenvalue weighted by atomic mass is 10.0. The van der Waals surface area contributed by atoms with Crippen LogP contribution in [0.3, 0.4) is 0 Å². The number of carbonyl (C=O) groups excluding carboxylic acids is 2. The number of likely N-dealkylation sites (N-methyl/N-ethyl adjacent to an activating group) is 1. The van der Waals surface area contributed by atoms with Gasteiger partial charge in [-0.1, -0.05) is 249 Å².